The Bertz CT molecular complexity index is 305. The van der Waals surface area contributed by atoms with E-state index in [9.17, 15) is 9.50 Å². The number of halogens is 1. The summed E-state index contributed by atoms with van der Waals surface area (Å²) in [6.07, 6.45) is 1.87. The average Bonchev–Trinajstić information content (AvgIpc) is 2.52. The molecule has 13 heavy (non-hydrogen) atoms. The van der Waals surface area contributed by atoms with Gasteiger partial charge < -0.3 is 10.0 Å². The largest absolute Gasteiger partial charge is 0.391 e. The Morgan fingerprint density at radius 2 is 2.46 bits per heavy atom. The molecule has 1 fully saturated rings. The van der Waals surface area contributed by atoms with Crippen LogP contribution in [0.2, 0.25) is 0 Å². The molecule has 0 amide bonds. The first-order valence-corrected chi connectivity index (χ1v) is 4.30. The van der Waals surface area contributed by atoms with Gasteiger partial charge in [0.15, 0.2) is 0 Å². The van der Waals surface area contributed by atoms with Gasteiger partial charge in [0.05, 0.1) is 6.10 Å². The predicted molar refractivity (Wildman–Crippen MR) is 47.0 cm³/mol. The van der Waals surface area contributed by atoms with Crippen molar-refractivity contribution in [1.29, 1.82) is 0 Å². The lowest BCUT2D eigenvalue weighted by Crippen LogP contribution is -2.22. The van der Waals surface area contributed by atoms with E-state index in [0.29, 0.717) is 12.4 Å². The molecule has 1 saturated heterocycles. The lowest BCUT2D eigenvalue weighted by molar-refractivity contribution is 0.198. The van der Waals surface area contributed by atoms with E-state index in [-0.39, 0.29) is 11.9 Å². The van der Waals surface area contributed by atoms with Crippen molar-refractivity contribution in [2.75, 3.05) is 18.0 Å². The van der Waals surface area contributed by atoms with Crippen molar-refractivity contribution in [1.82, 2.24) is 4.98 Å². The van der Waals surface area contributed by atoms with Crippen LogP contribution >= 0.6 is 0 Å². The third-order valence-electron chi connectivity index (χ3n) is 2.19. The van der Waals surface area contributed by atoms with Gasteiger partial charge in [-0.15, -0.1) is 0 Å². The highest BCUT2D eigenvalue weighted by Crippen LogP contribution is 2.17. The van der Waals surface area contributed by atoms with Crippen molar-refractivity contribution in [2.45, 2.75) is 12.5 Å². The maximum Gasteiger partial charge on any atom is 0.131 e. The lowest BCUT2D eigenvalue weighted by Gasteiger charge is -2.15. The molecule has 0 aromatic carbocycles. The summed E-state index contributed by atoms with van der Waals surface area (Å²) in [6, 6.07) is 2.70. The minimum absolute atomic E-state index is 0.286. The number of aliphatic hydroxyl groups excluding tert-OH is 1. The summed E-state index contributed by atoms with van der Waals surface area (Å²) >= 11 is 0. The second-order valence-corrected chi connectivity index (χ2v) is 3.22. The molecule has 1 N–H and O–H groups in total. The zero-order chi connectivity index (χ0) is 9.26. The van der Waals surface area contributed by atoms with E-state index in [1.165, 1.54) is 18.3 Å². The first-order chi connectivity index (χ1) is 6.25. The maximum atomic E-state index is 12.8. The normalized spacial score (nSPS) is 22.3. The maximum absolute atomic E-state index is 12.8. The number of nitrogens with zero attached hydrogens (tertiary/aromatic N) is 2. The van der Waals surface area contributed by atoms with Crippen molar-refractivity contribution < 1.29 is 9.50 Å². The number of rotatable bonds is 1. The molecular formula is C9H11FN2O. The number of aromatic nitrogens is 1. The van der Waals surface area contributed by atoms with Crippen LogP contribution < -0.4 is 4.90 Å². The molecule has 70 valence electrons. The number of β-amino-alcohol motifs (C(OH)–C–C–N with tert-alkyl or cyclic N) is 1. The predicted octanol–water partition coefficient (Wildman–Crippen LogP) is 0.792. The Labute approximate surface area is 75.8 Å². The van der Waals surface area contributed by atoms with E-state index in [1.807, 2.05) is 4.90 Å². The molecule has 1 aromatic rings. The van der Waals surface area contributed by atoms with Crippen LogP contribution in [-0.4, -0.2) is 29.3 Å². The fraction of sp³-hybridized carbons (Fsp3) is 0.444. The fourth-order valence-electron chi connectivity index (χ4n) is 1.52. The monoisotopic (exact) mass is 182 g/mol. The van der Waals surface area contributed by atoms with Crippen LogP contribution in [0.25, 0.3) is 0 Å². The molecule has 0 spiro atoms. The number of anilines is 1. The van der Waals surface area contributed by atoms with Crippen molar-refractivity contribution in [3.63, 3.8) is 0 Å². The zero-order valence-electron chi connectivity index (χ0n) is 7.15. The molecule has 3 nitrogen and oxygen atoms in total. The highest BCUT2D eigenvalue weighted by molar-refractivity contribution is 5.39. The average molecular weight is 182 g/mol. The van der Waals surface area contributed by atoms with E-state index < -0.39 is 0 Å². The van der Waals surface area contributed by atoms with E-state index in [2.05, 4.69) is 4.98 Å². The molecule has 2 rings (SSSR count). The summed E-state index contributed by atoms with van der Waals surface area (Å²) in [5, 5.41) is 9.27. The standard InChI is InChI=1S/C9H11FN2O/c10-7-1-3-11-9(5-7)12-4-2-8(13)6-12/h1,3,5,8,13H,2,4,6H2/t8-/m0/s1. The molecule has 0 aliphatic carbocycles. The van der Waals surface area contributed by atoms with Gasteiger partial charge in [0, 0.05) is 25.4 Å². The number of hydrogen-bond acceptors (Lipinski definition) is 3. The molecule has 0 bridgehead atoms. The second kappa shape index (κ2) is 3.30. The van der Waals surface area contributed by atoms with Gasteiger partial charge in [0.1, 0.15) is 11.6 Å². The Morgan fingerprint density at radius 1 is 1.62 bits per heavy atom. The van der Waals surface area contributed by atoms with Crippen molar-refractivity contribution in [3.05, 3.63) is 24.1 Å². The third kappa shape index (κ3) is 1.78. The van der Waals surface area contributed by atoms with Crippen molar-refractivity contribution in [2.24, 2.45) is 0 Å². The molecule has 0 radical (unpaired) electrons. The van der Waals surface area contributed by atoms with Gasteiger partial charge in [-0.2, -0.15) is 0 Å². The highest BCUT2D eigenvalue weighted by Gasteiger charge is 2.21. The van der Waals surface area contributed by atoms with Crippen LogP contribution in [-0.2, 0) is 0 Å². The van der Waals surface area contributed by atoms with Gasteiger partial charge in [0.25, 0.3) is 0 Å². The quantitative estimate of drug-likeness (QED) is 0.697. The van der Waals surface area contributed by atoms with Crippen molar-refractivity contribution in [3.8, 4) is 0 Å². The van der Waals surface area contributed by atoms with Gasteiger partial charge in [0.2, 0.25) is 0 Å². The Balaban J connectivity index is 2.16. The molecule has 4 heteroatoms. The Hall–Kier alpha value is -1.16. The van der Waals surface area contributed by atoms with Crippen LogP contribution in [0.15, 0.2) is 18.3 Å². The summed E-state index contributed by atoms with van der Waals surface area (Å²) in [6.45, 7) is 1.30. The van der Waals surface area contributed by atoms with Crippen LogP contribution in [0.1, 0.15) is 6.42 Å². The van der Waals surface area contributed by atoms with Gasteiger partial charge in [-0.25, -0.2) is 9.37 Å². The van der Waals surface area contributed by atoms with Gasteiger partial charge >= 0.3 is 0 Å². The molecule has 1 aliphatic heterocycles. The van der Waals surface area contributed by atoms with E-state index in [4.69, 9.17) is 0 Å². The summed E-state index contributed by atoms with van der Waals surface area (Å²) in [5.41, 5.74) is 0. The molecule has 0 unspecified atom stereocenters. The van der Waals surface area contributed by atoms with Gasteiger partial charge in [-0.3, -0.25) is 0 Å². The highest BCUT2D eigenvalue weighted by atomic mass is 19.1. The SMILES string of the molecule is O[C@H]1CCN(c2cc(F)ccn2)C1. The lowest BCUT2D eigenvalue weighted by atomic mass is 10.3. The first-order valence-electron chi connectivity index (χ1n) is 4.30. The molecule has 0 saturated carbocycles. The van der Waals surface area contributed by atoms with E-state index in [1.54, 1.807) is 0 Å². The van der Waals surface area contributed by atoms with Crippen LogP contribution in [0.3, 0.4) is 0 Å². The van der Waals surface area contributed by atoms with Crippen LogP contribution in [0.4, 0.5) is 10.2 Å². The molecule has 1 aromatic heterocycles. The van der Waals surface area contributed by atoms with Crippen molar-refractivity contribution >= 4 is 5.82 Å². The smallest absolute Gasteiger partial charge is 0.131 e. The third-order valence-corrected chi connectivity index (χ3v) is 2.19. The Kier molecular flexibility index (Phi) is 2.14. The van der Waals surface area contributed by atoms with E-state index >= 15 is 0 Å². The summed E-state index contributed by atoms with van der Waals surface area (Å²) in [7, 11) is 0. The number of aliphatic hydroxyl groups is 1. The van der Waals surface area contributed by atoms with Gasteiger partial charge in [-0.05, 0) is 12.5 Å². The minimum atomic E-state index is -0.301. The zero-order valence-corrected chi connectivity index (χ0v) is 7.15. The second-order valence-electron chi connectivity index (χ2n) is 3.22. The molecule has 1 aliphatic rings. The molecule has 2 heterocycles. The van der Waals surface area contributed by atoms with Crippen LogP contribution in [0, 0.1) is 5.82 Å². The summed E-state index contributed by atoms with van der Waals surface area (Å²) < 4.78 is 12.8. The van der Waals surface area contributed by atoms with Crippen LogP contribution in [0.5, 0.6) is 0 Å². The Morgan fingerprint density at radius 3 is 3.08 bits per heavy atom. The summed E-state index contributed by atoms with van der Waals surface area (Å²) in [4.78, 5) is 5.91. The first kappa shape index (κ1) is 8.44. The van der Waals surface area contributed by atoms with E-state index in [0.717, 1.165) is 13.0 Å². The summed E-state index contributed by atoms with van der Waals surface area (Å²) in [5.74, 6) is 0.322. The fourth-order valence-corrected chi connectivity index (χ4v) is 1.52. The number of pyridine rings is 1. The molecular weight excluding hydrogens is 171 g/mol. The number of hydrogen-bond donors (Lipinski definition) is 1. The topological polar surface area (TPSA) is 36.4 Å². The minimum Gasteiger partial charge on any atom is -0.391 e. The van der Waals surface area contributed by atoms with Gasteiger partial charge in [-0.1, -0.05) is 0 Å². The molecule has 1 atom stereocenters.